The first-order chi connectivity index (χ1) is 11.4. The van der Waals surface area contributed by atoms with Crippen molar-refractivity contribution >= 4 is 24.8 Å². The fourth-order valence-corrected chi connectivity index (χ4v) is 2.92. The van der Waals surface area contributed by atoms with Crippen LogP contribution in [-0.2, 0) is 13.0 Å². The summed E-state index contributed by atoms with van der Waals surface area (Å²) in [4.78, 5) is 2.51. The summed E-state index contributed by atoms with van der Waals surface area (Å²) in [6.07, 6.45) is 2.12. The van der Waals surface area contributed by atoms with Gasteiger partial charge in [0.25, 0.3) is 0 Å². The second-order valence-corrected chi connectivity index (χ2v) is 6.11. The van der Waals surface area contributed by atoms with Gasteiger partial charge in [0.1, 0.15) is 5.75 Å². The first-order valence-electron chi connectivity index (χ1n) is 8.59. The molecule has 0 aromatic heterocycles. The predicted molar refractivity (Wildman–Crippen MR) is 109 cm³/mol. The Morgan fingerprint density at radius 2 is 1.48 bits per heavy atom. The summed E-state index contributed by atoms with van der Waals surface area (Å²) >= 11 is 0. The SMILES string of the molecule is Cl.Cl.c1ccc(OCCCc2ccc(CN3CCNCC3)cc2)cc1. The van der Waals surface area contributed by atoms with Crippen LogP contribution in [0.1, 0.15) is 17.5 Å². The summed E-state index contributed by atoms with van der Waals surface area (Å²) in [7, 11) is 0. The van der Waals surface area contributed by atoms with Crippen molar-refractivity contribution in [2.75, 3.05) is 32.8 Å². The third-order valence-electron chi connectivity index (χ3n) is 4.26. The van der Waals surface area contributed by atoms with Gasteiger partial charge in [-0.1, -0.05) is 42.5 Å². The third-order valence-corrected chi connectivity index (χ3v) is 4.26. The van der Waals surface area contributed by atoms with Gasteiger partial charge in [0.15, 0.2) is 0 Å². The molecule has 0 bridgehead atoms. The number of hydrogen-bond acceptors (Lipinski definition) is 3. The van der Waals surface area contributed by atoms with Crippen LogP contribution in [-0.4, -0.2) is 37.7 Å². The smallest absolute Gasteiger partial charge is 0.119 e. The fraction of sp³-hybridized carbons (Fsp3) is 0.400. The van der Waals surface area contributed by atoms with Crippen molar-refractivity contribution in [2.24, 2.45) is 0 Å². The number of aryl methyl sites for hydroxylation is 1. The highest BCUT2D eigenvalue weighted by Crippen LogP contribution is 2.12. The summed E-state index contributed by atoms with van der Waals surface area (Å²) in [5.74, 6) is 0.957. The van der Waals surface area contributed by atoms with Crippen LogP contribution in [0, 0.1) is 0 Å². The van der Waals surface area contributed by atoms with E-state index in [4.69, 9.17) is 4.74 Å². The number of benzene rings is 2. The third kappa shape index (κ3) is 7.66. The van der Waals surface area contributed by atoms with Crippen LogP contribution in [0.25, 0.3) is 0 Å². The molecule has 25 heavy (non-hydrogen) atoms. The predicted octanol–water partition coefficient (Wildman–Crippen LogP) is 3.95. The van der Waals surface area contributed by atoms with E-state index in [1.807, 2.05) is 30.3 Å². The lowest BCUT2D eigenvalue weighted by Crippen LogP contribution is -2.42. The molecule has 0 atom stereocenters. The Morgan fingerprint density at radius 3 is 2.16 bits per heavy atom. The lowest BCUT2D eigenvalue weighted by Gasteiger charge is -2.27. The van der Waals surface area contributed by atoms with Crippen molar-refractivity contribution in [3.8, 4) is 5.75 Å². The van der Waals surface area contributed by atoms with Crippen LogP contribution in [0.5, 0.6) is 5.75 Å². The van der Waals surface area contributed by atoms with Crippen molar-refractivity contribution in [1.82, 2.24) is 10.2 Å². The fourth-order valence-electron chi connectivity index (χ4n) is 2.92. The van der Waals surface area contributed by atoms with Gasteiger partial charge >= 0.3 is 0 Å². The zero-order valence-corrected chi connectivity index (χ0v) is 16.2. The minimum Gasteiger partial charge on any atom is -0.494 e. The quantitative estimate of drug-likeness (QED) is 0.733. The number of ether oxygens (including phenoxy) is 1. The Kier molecular flexibility index (Phi) is 10.6. The number of para-hydroxylation sites is 1. The van der Waals surface area contributed by atoms with Crippen LogP contribution >= 0.6 is 24.8 Å². The van der Waals surface area contributed by atoms with Crippen molar-refractivity contribution in [3.05, 3.63) is 65.7 Å². The maximum absolute atomic E-state index is 5.74. The van der Waals surface area contributed by atoms with E-state index in [2.05, 4.69) is 34.5 Å². The highest BCUT2D eigenvalue weighted by atomic mass is 35.5. The highest BCUT2D eigenvalue weighted by molar-refractivity contribution is 5.85. The van der Waals surface area contributed by atoms with Gasteiger partial charge < -0.3 is 10.1 Å². The van der Waals surface area contributed by atoms with Crippen LogP contribution < -0.4 is 10.1 Å². The van der Waals surface area contributed by atoms with Crippen molar-refractivity contribution in [3.63, 3.8) is 0 Å². The van der Waals surface area contributed by atoms with Crippen LogP contribution in [0.15, 0.2) is 54.6 Å². The summed E-state index contributed by atoms with van der Waals surface area (Å²) in [6.45, 7) is 6.36. The maximum atomic E-state index is 5.74. The molecule has 1 aliphatic heterocycles. The van der Waals surface area contributed by atoms with Crippen LogP contribution in [0.3, 0.4) is 0 Å². The van der Waals surface area contributed by atoms with Gasteiger partial charge in [-0.3, -0.25) is 4.90 Å². The highest BCUT2D eigenvalue weighted by Gasteiger charge is 2.09. The zero-order chi connectivity index (χ0) is 15.7. The van der Waals surface area contributed by atoms with Gasteiger partial charge in [-0.05, 0) is 36.1 Å². The molecule has 3 rings (SSSR count). The Morgan fingerprint density at radius 1 is 0.840 bits per heavy atom. The van der Waals surface area contributed by atoms with E-state index >= 15 is 0 Å². The molecule has 0 unspecified atom stereocenters. The van der Waals surface area contributed by atoms with E-state index < -0.39 is 0 Å². The van der Waals surface area contributed by atoms with Gasteiger partial charge in [0.05, 0.1) is 6.61 Å². The molecule has 1 N–H and O–H groups in total. The number of hydrogen-bond donors (Lipinski definition) is 1. The maximum Gasteiger partial charge on any atom is 0.119 e. The Bertz CT molecular complexity index is 572. The average Bonchev–Trinajstić information content (AvgIpc) is 2.62. The molecule has 2 aromatic rings. The lowest BCUT2D eigenvalue weighted by molar-refractivity contribution is 0.233. The van der Waals surface area contributed by atoms with Crippen molar-refractivity contribution in [2.45, 2.75) is 19.4 Å². The van der Waals surface area contributed by atoms with Gasteiger partial charge in [-0.25, -0.2) is 0 Å². The molecule has 5 heteroatoms. The number of piperazine rings is 1. The molecule has 0 amide bonds. The molecule has 138 valence electrons. The van der Waals surface area contributed by atoms with E-state index in [0.717, 1.165) is 57.9 Å². The van der Waals surface area contributed by atoms with Gasteiger partial charge in [-0.15, -0.1) is 24.8 Å². The van der Waals surface area contributed by atoms with Crippen molar-refractivity contribution < 1.29 is 4.74 Å². The Labute approximate surface area is 163 Å². The molecule has 2 aromatic carbocycles. The number of rotatable bonds is 7. The Balaban J connectivity index is 0.00000156. The monoisotopic (exact) mass is 382 g/mol. The van der Waals surface area contributed by atoms with E-state index in [1.54, 1.807) is 0 Å². The van der Waals surface area contributed by atoms with Crippen LogP contribution in [0.2, 0.25) is 0 Å². The molecular weight excluding hydrogens is 355 g/mol. The second-order valence-electron chi connectivity index (χ2n) is 6.11. The largest absolute Gasteiger partial charge is 0.494 e. The van der Waals surface area contributed by atoms with E-state index in [-0.39, 0.29) is 24.8 Å². The first-order valence-corrected chi connectivity index (χ1v) is 8.59. The van der Waals surface area contributed by atoms with Gasteiger partial charge in [-0.2, -0.15) is 0 Å². The summed E-state index contributed by atoms with van der Waals surface area (Å²) < 4.78 is 5.74. The average molecular weight is 383 g/mol. The number of nitrogens with one attached hydrogen (secondary N) is 1. The minimum atomic E-state index is 0. The second kappa shape index (κ2) is 12.2. The summed E-state index contributed by atoms with van der Waals surface area (Å²) in [5.41, 5.74) is 2.81. The Hall–Kier alpha value is -1.26. The molecule has 1 saturated heterocycles. The van der Waals surface area contributed by atoms with E-state index in [1.165, 1.54) is 11.1 Å². The van der Waals surface area contributed by atoms with Crippen molar-refractivity contribution in [1.29, 1.82) is 0 Å². The number of halogens is 2. The van der Waals surface area contributed by atoms with Gasteiger partial charge in [0, 0.05) is 32.7 Å². The molecule has 1 fully saturated rings. The topological polar surface area (TPSA) is 24.5 Å². The van der Waals surface area contributed by atoms with E-state index in [9.17, 15) is 0 Å². The van der Waals surface area contributed by atoms with Gasteiger partial charge in [0.2, 0.25) is 0 Å². The molecule has 0 radical (unpaired) electrons. The summed E-state index contributed by atoms with van der Waals surface area (Å²) in [5, 5.41) is 3.40. The molecule has 1 aliphatic rings. The number of nitrogens with zero attached hydrogens (tertiary/aromatic N) is 1. The first kappa shape index (κ1) is 21.8. The zero-order valence-electron chi connectivity index (χ0n) is 14.5. The minimum absolute atomic E-state index is 0. The summed E-state index contributed by atoms with van der Waals surface area (Å²) in [6, 6.07) is 19.1. The molecular formula is C20H28Cl2N2O. The molecule has 3 nitrogen and oxygen atoms in total. The molecule has 0 spiro atoms. The van der Waals surface area contributed by atoms with Crippen LogP contribution in [0.4, 0.5) is 0 Å². The standard InChI is InChI=1S/C20H26N2O.2ClH/c1-2-6-20(7-3-1)23-16-4-5-18-8-10-19(11-9-18)17-22-14-12-21-13-15-22;;/h1-3,6-11,21H,4-5,12-17H2;2*1H. The normalized spacial score (nSPS) is 14.2. The molecule has 1 heterocycles. The molecule has 0 aliphatic carbocycles. The molecule has 0 saturated carbocycles. The lowest BCUT2D eigenvalue weighted by atomic mass is 10.1. The van der Waals surface area contributed by atoms with E-state index in [0.29, 0.717) is 0 Å².